The fourth-order valence-electron chi connectivity index (χ4n) is 2.31. The van der Waals surface area contributed by atoms with E-state index in [0.29, 0.717) is 19.5 Å². The van der Waals surface area contributed by atoms with E-state index in [-0.39, 0.29) is 17.3 Å². The van der Waals surface area contributed by atoms with Gasteiger partial charge in [0.2, 0.25) is 5.91 Å². The Morgan fingerprint density at radius 1 is 1.47 bits per heavy atom. The first-order chi connectivity index (χ1) is 8.69. The van der Waals surface area contributed by atoms with E-state index < -0.39 is 5.41 Å². The molecule has 1 rings (SSSR count). The van der Waals surface area contributed by atoms with Crippen LogP contribution >= 0.6 is 0 Å². The van der Waals surface area contributed by atoms with Crippen molar-refractivity contribution < 1.29 is 10.0 Å². The summed E-state index contributed by atoms with van der Waals surface area (Å²) in [4.78, 5) is 16.7. The molecule has 1 atom stereocenters. The van der Waals surface area contributed by atoms with Crippen molar-refractivity contribution in [2.45, 2.75) is 39.7 Å². The largest absolute Gasteiger partial charge is 0.409 e. The molecule has 3 N–H and O–H groups in total. The van der Waals surface area contributed by atoms with Crippen molar-refractivity contribution in [3.63, 3.8) is 0 Å². The molecule has 110 valence electrons. The zero-order valence-corrected chi connectivity index (χ0v) is 12.6. The summed E-state index contributed by atoms with van der Waals surface area (Å²) >= 11 is 0. The number of carbonyl (C=O) groups is 1. The zero-order chi connectivity index (χ0) is 14.8. The molecular formula is C13H26N4O2. The van der Waals surface area contributed by atoms with Gasteiger partial charge in [-0.2, -0.15) is 0 Å². The lowest BCUT2D eigenvalue weighted by atomic mass is 9.83. The lowest BCUT2D eigenvalue weighted by Gasteiger charge is -2.47. The number of hydrogen-bond acceptors (Lipinski definition) is 4. The van der Waals surface area contributed by atoms with Crippen molar-refractivity contribution >= 4 is 11.7 Å². The monoisotopic (exact) mass is 270 g/mol. The molecule has 1 amide bonds. The number of amidine groups is 1. The van der Waals surface area contributed by atoms with Gasteiger partial charge in [0.1, 0.15) is 5.41 Å². The highest BCUT2D eigenvalue weighted by Crippen LogP contribution is 2.28. The van der Waals surface area contributed by atoms with Gasteiger partial charge in [0, 0.05) is 25.2 Å². The van der Waals surface area contributed by atoms with Gasteiger partial charge in [-0.1, -0.05) is 12.1 Å². The van der Waals surface area contributed by atoms with Crippen LogP contribution in [-0.4, -0.2) is 59.0 Å². The number of carbonyl (C=O) groups excluding carboxylic acids is 1. The van der Waals surface area contributed by atoms with Gasteiger partial charge in [-0.05, 0) is 34.2 Å². The maximum atomic E-state index is 12.7. The third-order valence-corrected chi connectivity index (χ3v) is 4.46. The van der Waals surface area contributed by atoms with Crippen molar-refractivity contribution in [2.75, 3.05) is 26.7 Å². The smallest absolute Gasteiger partial charge is 0.236 e. The van der Waals surface area contributed by atoms with E-state index in [1.54, 1.807) is 6.92 Å². The molecule has 19 heavy (non-hydrogen) atoms. The Labute approximate surface area is 115 Å². The Balaban J connectivity index is 2.94. The van der Waals surface area contributed by atoms with Gasteiger partial charge in [0.15, 0.2) is 5.84 Å². The summed E-state index contributed by atoms with van der Waals surface area (Å²) in [5, 5.41) is 11.9. The summed E-state index contributed by atoms with van der Waals surface area (Å²) in [5.41, 5.74) is 4.71. The maximum absolute atomic E-state index is 12.7. The molecule has 1 heterocycles. The highest BCUT2D eigenvalue weighted by Gasteiger charge is 2.43. The minimum Gasteiger partial charge on any atom is -0.409 e. The molecule has 0 aromatic heterocycles. The molecule has 1 unspecified atom stereocenters. The third-order valence-electron chi connectivity index (χ3n) is 4.46. The van der Waals surface area contributed by atoms with Crippen molar-refractivity contribution in [3.05, 3.63) is 0 Å². The van der Waals surface area contributed by atoms with Crippen LogP contribution in [0.3, 0.4) is 0 Å². The lowest BCUT2D eigenvalue weighted by molar-refractivity contribution is -0.142. The highest BCUT2D eigenvalue weighted by molar-refractivity contribution is 6.06. The van der Waals surface area contributed by atoms with Gasteiger partial charge < -0.3 is 15.8 Å². The summed E-state index contributed by atoms with van der Waals surface area (Å²) < 4.78 is 0. The molecular weight excluding hydrogens is 244 g/mol. The minimum atomic E-state index is -0.930. The molecule has 1 aliphatic rings. The number of nitrogens with two attached hydrogens (primary N) is 1. The molecule has 0 spiro atoms. The summed E-state index contributed by atoms with van der Waals surface area (Å²) in [5.74, 6) is -0.0804. The molecule has 1 aliphatic heterocycles. The number of nitrogens with zero attached hydrogens (tertiary/aromatic N) is 3. The normalized spacial score (nSPS) is 24.1. The van der Waals surface area contributed by atoms with Gasteiger partial charge in [0.25, 0.3) is 0 Å². The minimum absolute atomic E-state index is 0.0169. The fraction of sp³-hybridized carbons (Fsp3) is 0.846. The van der Waals surface area contributed by atoms with Crippen LogP contribution in [-0.2, 0) is 4.79 Å². The van der Waals surface area contributed by atoms with Crippen LogP contribution in [0.4, 0.5) is 0 Å². The van der Waals surface area contributed by atoms with E-state index in [9.17, 15) is 4.79 Å². The SMILES string of the molecule is CCC(C)(C(=O)N1CCN(C)C(C)(C)C1)C(N)=NO. The molecule has 0 saturated carbocycles. The molecule has 0 bridgehead atoms. The number of oxime groups is 1. The second-order valence-corrected chi connectivity index (χ2v) is 6.13. The Hall–Kier alpha value is -1.30. The molecule has 6 nitrogen and oxygen atoms in total. The van der Waals surface area contributed by atoms with E-state index in [1.165, 1.54) is 0 Å². The first kappa shape index (κ1) is 15.8. The van der Waals surface area contributed by atoms with Gasteiger partial charge >= 0.3 is 0 Å². The van der Waals surface area contributed by atoms with Crippen LogP contribution in [0.25, 0.3) is 0 Å². The average molecular weight is 270 g/mol. The molecule has 1 fully saturated rings. The standard InChI is InChI=1S/C13H26N4O2/c1-6-13(4,10(14)15-19)11(18)17-8-7-16(5)12(2,3)9-17/h19H,6-9H2,1-5H3,(H2,14,15). The third kappa shape index (κ3) is 2.83. The summed E-state index contributed by atoms with van der Waals surface area (Å²) in [6, 6.07) is 0. The molecule has 0 aromatic carbocycles. The molecule has 0 aliphatic carbocycles. The number of hydrogen-bond donors (Lipinski definition) is 2. The Bertz CT molecular complexity index is 381. The Morgan fingerprint density at radius 3 is 2.47 bits per heavy atom. The second kappa shape index (κ2) is 5.36. The predicted molar refractivity (Wildman–Crippen MR) is 75.1 cm³/mol. The van der Waals surface area contributed by atoms with Crippen molar-refractivity contribution in [2.24, 2.45) is 16.3 Å². The van der Waals surface area contributed by atoms with Crippen LogP contribution in [0.2, 0.25) is 0 Å². The topological polar surface area (TPSA) is 82.2 Å². The fourth-order valence-corrected chi connectivity index (χ4v) is 2.31. The van der Waals surface area contributed by atoms with Crippen LogP contribution < -0.4 is 5.73 Å². The molecule has 6 heteroatoms. The van der Waals surface area contributed by atoms with Crippen molar-refractivity contribution in [1.82, 2.24) is 9.80 Å². The summed E-state index contributed by atoms with van der Waals surface area (Å²) in [6.45, 7) is 9.98. The first-order valence-corrected chi connectivity index (χ1v) is 6.67. The van der Waals surface area contributed by atoms with E-state index in [1.807, 2.05) is 11.8 Å². The number of rotatable bonds is 3. The summed E-state index contributed by atoms with van der Waals surface area (Å²) in [6.07, 6.45) is 0.508. The van der Waals surface area contributed by atoms with Crippen LogP contribution in [0.1, 0.15) is 34.1 Å². The van der Waals surface area contributed by atoms with Gasteiger partial charge in [0.05, 0.1) is 0 Å². The van der Waals surface area contributed by atoms with Gasteiger partial charge in [-0.3, -0.25) is 9.69 Å². The second-order valence-electron chi connectivity index (χ2n) is 6.13. The number of amides is 1. The van der Waals surface area contributed by atoms with Crippen molar-refractivity contribution in [3.8, 4) is 0 Å². The van der Waals surface area contributed by atoms with Crippen LogP contribution in [0, 0.1) is 5.41 Å². The molecule has 1 saturated heterocycles. The Kier molecular flexibility index (Phi) is 4.45. The first-order valence-electron chi connectivity index (χ1n) is 6.67. The molecule has 0 radical (unpaired) electrons. The van der Waals surface area contributed by atoms with Gasteiger partial charge in [-0.25, -0.2) is 0 Å². The Morgan fingerprint density at radius 2 is 2.05 bits per heavy atom. The highest BCUT2D eigenvalue weighted by atomic mass is 16.4. The average Bonchev–Trinajstić information content (AvgIpc) is 2.38. The summed E-state index contributed by atoms with van der Waals surface area (Å²) in [7, 11) is 2.06. The van der Waals surface area contributed by atoms with E-state index in [4.69, 9.17) is 10.9 Å². The van der Waals surface area contributed by atoms with Gasteiger partial charge in [-0.15, -0.1) is 0 Å². The molecule has 0 aromatic rings. The zero-order valence-electron chi connectivity index (χ0n) is 12.6. The van der Waals surface area contributed by atoms with Crippen LogP contribution in [0.5, 0.6) is 0 Å². The quantitative estimate of drug-likeness (QED) is 0.342. The van der Waals surface area contributed by atoms with Crippen LogP contribution in [0.15, 0.2) is 5.16 Å². The lowest BCUT2D eigenvalue weighted by Crippen LogP contribution is -2.62. The predicted octanol–water partition coefficient (Wildman–Crippen LogP) is 0.702. The van der Waals surface area contributed by atoms with Crippen molar-refractivity contribution in [1.29, 1.82) is 0 Å². The number of piperazine rings is 1. The van der Waals surface area contributed by atoms with E-state index >= 15 is 0 Å². The van der Waals surface area contributed by atoms with E-state index in [2.05, 4.69) is 31.0 Å². The van der Waals surface area contributed by atoms with E-state index in [0.717, 1.165) is 6.54 Å². The number of likely N-dealkylation sites (N-methyl/N-ethyl adjacent to an activating group) is 1. The maximum Gasteiger partial charge on any atom is 0.236 e.